The molecule has 0 atom stereocenters. The van der Waals surface area contributed by atoms with E-state index < -0.39 is 0 Å². The molecule has 0 spiro atoms. The van der Waals surface area contributed by atoms with E-state index >= 15 is 0 Å². The maximum atomic E-state index is 12.4. The molecule has 0 bridgehead atoms. The van der Waals surface area contributed by atoms with Gasteiger partial charge in [0.15, 0.2) is 5.78 Å². The Morgan fingerprint density at radius 2 is 1.72 bits per heavy atom. The molecule has 0 fully saturated rings. The first-order valence-electron chi connectivity index (χ1n) is 5.72. The molecular weight excluding hydrogens is 244 g/mol. The molecule has 1 aromatic carbocycles. The third-order valence-electron chi connectivity index (χ3n) is 2.76. The van der Waals surface area contributed by atoms with Crippen LogP contribution >= 0.6 is 11.3 Å². The fraction of sp³-hybridized carbons (Fsp3) is 0.200. The number of ketones is 2. The summed E-state index contributed by atoms with van der Waals surface area (Å²) in [5, 5.41) is 0. The van der Waals surface area contributed by atoms with Crippen molar-refractivity contribution in [2.75, 3.05) is 0 Å². The number of hydrogen-bond acceptors (Lipinski definition) is 3. The number of carbonyl (C=O) groups excluding carboxylic acids is 2. The van der Waals surface area contributed by atoms with Crippen LogP contribution in [-0.2, 0) is 0 Å². The van der Waals surface area contributed by atoms with Gasteiger partial charge in [-0.25, -0.2) is 0 Å². The average Bonchev–Trinajstić information content (AvgIpc) is 2.74. The SMILES string of the molecule is CC(=O)c1ccc(C)cc1C(=O)c1ccc(C)s1. The lowest BCUT2D eigenvalue weighted by Gasteiger charge is -2.06. The lowest BCUT2D eigenvalue weighted by atomic mass is 9.98. The van der Waals surface area contributed by atoms with Crippen LogP contribution in [0.1, 0.15) is 43.0 Å². The predicted octanol–water partition coefficient (Wildman–Crippen LogP) is 3.80. The fourth-order valence-electron chi connectivity index (χ4n) is 1.84. The summed E-state index contributed by atoms with van der Waals surface area (Å²) in [7, 11) is 0. The van der Waals surface area contributed by atoms with Gasteiger partial charge in [-0.1, -0.05) is 17.7 Å². The molecule has 0 radical (unpaired) electrons. The van der Waals surface area contributed by atoms with Crippen LogP contribution < -0.4 is 0 Å². The smallest absolute Gasteiger partial charge is 0.203 e. The van der Waals surface area contributed by atoms with E-state index in [4.69, 9.17) is 0 Å². The minimum Gasteiger partial charge on any atom is -0.294 e. The van der Waals surface area contributed by atoms with Crippen LogP contribution in [0, 0.1) is 13.8 Å². The predicted molar refractivity (Wildman–Crippen MR) is 73.7 cm³/mol. The second kappa shape index (κ2) is 4.86. The Morgan fingerprint density at radius 3 is 2.28 bits per heavy atom. The number of Topliss-reactive ketones (excluding diaryl/α,β-unsaturated/α-hetero) is 1. The number of benzene rings is 1. The zero-order chi connectivity index (χ0) is 13.3. The molecule has 0 aliphatic rings. The first-order chi connectivity index (χ1) is 8.49. The lowest BCUT2D eigenvalue weighted by Crippen LogP contribution is -2.07. The van der Waals surface area contributed by atoms with Gasteiger partial charge < -0.3 is 0 Å². The second-order valence-electron chi connectivity index (χ2n) is 4.34. The zero-order valence-corrected chi connectivity index (χ0v) is 11.4. The van der Waals surface area contributed by atoms with Crippen molar-refractivity contribution in [3.8, 4) is 0 Å². The van der Waals surface area contributed by atoms with Crippen molar-refractivity contribution in [3.05, 3.63) is 56.8 Å². The van der Waals surface area contributed by atoms with Gasteiger partial charge in [0.05, 0.1) is 4.88 Å². The van der Waals surface area contributed by atoms with Crippen molar-refractivity contribution in [2.24, 2.45) is 0 Å². The molecule has 2 aromatic rings. The van der Waals surface area contributed by atoms with E-state index in [1.807, 2.05) is 32.0 Å². The van der Waals surface area contributed by atoms with E-state index in [2.05, 4.69) is 0 Å². The van der Waals surface area contributed by atoms with Gasteiger partial charge >= 0.3 is 0 Å². The van der Waals surface area contributed by atoms with Crippen LogP contribution in [0.25, 0.3) is 0 Å². The van der Waals surface area contributed by atoms with E-state index in [1.54, 1.807) is 12.1 Å². The highest BCUT2D eigenvalue weighted by atomic mass is 32.1. The van der Waals surface area contributed by atoms with Gasteiger partial charge in [0, 0.05) is 16.0 Å². The number of thiophene rings is 1. The molecule has 2 nitrogen and oxygen atoms in total. The van der Waals surface area contributed by atoms with Crippen molar-refractivity contribution in [1.29, 1.82) is 0 Å². The van der Waals surface area contributed by atoms with E-state index in [0.717, 1.165) is 10.4 Å². The molecule has 3 heteroatoms. The zero-order valence-electron chi connectivity index (χ0n) is 10.6. The van der Waals surface area contributed by atoms with Gasteiger partial charge in [-0.05, 0) is 39.0 Å². The molecule has 0 saturated heterocycles. The Kier molecular flexibility index (Phi) is 3.43. The Balaban J connectivity index is 2.53. The second-order valence-corrected chi connectivity index (χ2v) is 5.63. The van der Waals surface area contributed by atoms with Gasteiger partial charge in [-0.3, -0.25) is 9.59 Å². The summed E-state index contributed by atoms with van der Waals surface area (Å²) in [5.41, 5.74) is 1.98. The molecule has 0 saturated carbocycles. The van der Waals surface area contributed by atoms with Gasteiger partial charge in [-0.15, -0.1) is 11.3 Å². The fourth-order valence-corrected chi connectivity index (χ4v) is 2.66. The maximum absolute atomic E-state index is 12.4. The van der Waals surface area contributed by atoms with Gasteiger partial charge in [0.1, 0.15) is 0 Å². The van der Waals surface area contributed by atoms with E-state index in [9.17, 15) is 9.59 Å². The van der Waals surface area contributed by atoms with Crippen LogP contribution in [0.5, 0.6) is 0 Å². The van der Waals surface area contributed by atoms with Crippen LogP contribution in [0.4, 0.5) is 0 Å². The van der Waals surface area contributed by atoms with Crippen molar-refractivity contribution < 1.29 is 9.59 Å². The number of rotatable bonds is 3. The summed E-state index contributed by atoms with van der Waals surface area (Å²) in [6.07, 6.45) is 0. The number of carbonyl (C=O) groups is 2. The highest BCUT2D eigenvalue weighted by Crippen LogP contribution is 2.22. The Labute approximate surface area is 110 Å². The minimum atomic E-state index is -0.0772. The van der Waals surface area contributed by atoms with Crippen LogP contribution in [0.15, 0.2) is 30.3 Å². The third-order valence-corrected chi connectivity index (χ3v) is 3.76. The van der Waals surface area contributed by atoms with E-state index in [1.165, 1.54) is 18.3 Å². The molecule has 2 rings (SSSR count). The quantitative estimate of drug-likeness (QED) is 0.785. The molecule has 1 aromatic heterocycles. The lowest BCUT2D eigenvalue weighted by molar-refractivity contribution is 0.0991. The summed E-state index contributed by atoms with van der Waals surface area (Å²) in [6.45, 7) is 5.37. The van der Waals surface area contributed by atoms with Crippen molar-refractivity contribution >= 4 is 22.9 Å². The van der Waals surface area contributed by atoms with Crippen molar-refractivity contribution in [2.45, 2.75) is 20.8 Å². The average molecular weight is 258 g/mol. The molecule has 0 N–H and O–H groups in total. The molecule has 0 amide bonds. The van der Waals surface area contributed by atoms with Gasteiger partial charge in [0.25, 0.3) is 0 Å². The van der Waals surface area contributed by atoms with Crippen LogP contribution in [-0.4, -0.2) is 11.6 Å². The molecule has 18 heavy (non-hydrogen) atoms. The Hall–Kier alpha value is -1.74. The maximum Gasteiger partial charge on any atom is 0.203 e. The molecule has 0 unspecified atom stereocenters. The number of hydrogen-bond donors (Lipinski definition) is 0. The molecule has 0 aliphatic heterocycles. The van der Waals surface area contributed by atoms with Gasteiger partial charge in [0.2, 0.25) is 5.78 Å². The Bertz CT molecular complexity index is 623. The van der Waals surface area contributed by atoms with Crippen LogP contribution in [0.3, 0.4) is 0 Å². The van der Waals surface area contributed by atoms with Gasteiger partial charge in [-0.2, -0.15) is 0 Å². The van der Waals surface area contributed by atoms with E-state index in [0.29, 0.717) is 16.0 Å². The summed E-state index contributed by atoms with van der Waals surface area (Å²) in [6, 6.07) is 9.10. The highest BCUT2D eigenvalue weighted by molar-refractivity contribution is 7.14. The first-order valence-corrected chi connectivity index (χ1v) is 6.53. The summed E-state index contributed by atoms with van der Waals surface area (Å²) in [4.78, 5) is 25.7. The third kappa shape index (κ3) is 2.41. The largest absolute Gasteiger partial charge is 0.294 e. The molecular formula is C15H14O2S. The molecule has 92 valence electrons. The van der Waals surface area contributed by atoms with Crippen molar-refractivity contribution in [1.82, 2.24) is 0 Å². The minimum absolute atomic E-state index is 0.0676. The highest BCUT2D eigenvalue weighted by Gasteiger charge is 2.17. The monoisotopic (exact) mass is 258 g/mol. The summed E-state index contributed by atoms with van der Waals surface area (Å²) >= 11 is 1.46. The molecule has 0 aliphatic carbocycles. The first kappa shape index (κ1) is 12.7. The standard InChI is InChI=1S/C15H14O2S/c1-9-4-6-12(11(3)16)13(8-9)15(17)14-7-5-10(2)18-14/h4-8H,1-3H3. The topological polar surface area (TPSA) is 34.1 Å². The number of aryl methyl sites for hydroxylation is 2. The van der Waals surface area contributed by atoms with Crippen molar-refractivity contribution in [3.63, 3.8) is 0 Å². The van der Waals surface area contributed by atoms with Crippen LogP contribution in [0.2, 0.25) is 0 Å². The summed E-state index contributed by atoms with van der Waals surface area (Å²) in [5.74, 6) is -0.145. The Morgan fingerprint density at radius 1 is 1.00 bits per heavy atom. The van der Waals surface area contributed by atoms with E-state index in [-0.39, 0.29) is 11.6 Å². The normalized spacial score (nSPS) is 10.4. The molecule has 1 heterocycles. The summed E-state index contributed by atoms with van der Waals surface area (Å²) < 4.78 is 0.